The molecule has 0 aromatic heterocycles. The van der Waals surface area contributed by atoms with Crippen LogP contribution in [-0.4, -0.2) is 9.96 Å². The number of rotatable bonds is 5. The molecule has 0 amide bonds. The molecule has 3 heteroatoms. The van der Waals surface area contributed by atoms with Crippen LogP contribution in [0.25, 0.3) is 0 Å². The Morgan fingerprint density at radius 3 is 2.17 bits per heavy atom. The molecule has 0 aliphatic carbocycles. The summed E-state index contributed by atoms with van der Waals surface area (Å²) in [6.07, 6.45) is 0. The summed E-state index contributed by atoms with van der Waals surface area (Å²) in [7, 11) is -1.01. The van der Waals surface area contributed by atoms with Crippen LogP contribution in [0.3, 0.4) is 0 Å². The van der Waals surface area contributed by atoms with Crippen LogP contribution in [-0.2, 0) is 10.8 Å². The Balaban J connectivity index is 1.94. The highest BCUT2D eigenvalue weighted by Crippen LogP contribution is 2.26. The largest absolute Gasteiger partial charge is 0.254 e. The average molecular weight is 274 g/mol. The molecule has 0 N–H and O–H groups in total. The zero-order chi connectivity index (χ0) is 12.8. The molecular weight excluding hydrogens is 260 g/mol. The first-order valence-corrected chi connectivity index (χ1v) is 7.73. The van der Waals surface area contributed by atoms with Gasteiger partial charge in [-0.2, -0.15) is 0 Å². The van der Waals surface area contributed by atoms with Crippen LogP contribution in [0.1, 0.15) is 0 Å². The molecule has 0 saturated carbocycles. The number of thioether (sulfide) groups is 1. The van der Waals surface area contributed by atoms with E-state index in [1.807, 2.05) is 60.7 Å². The first kappa shape index (κ1) is 13.1. The van der Waals surface area contributed by atoms with Gasteiger partial charge in [0.15, 0.2) is 0 Å². The Morgan fingerprint density at radius 2 is 1.56 bits per heavy atom. The minimum absolute atomic E-state index is 0.490. The summed E-state index contributed by atoms with van der Waals surface area (Å²) in [6, 6.07) is 19.5. The molecule has 2 aromatic rings. The standard InChI is InChI=1S/C15H14OS2/c1-13(17-14-8-4-2-5-9-14)12-18(16)15-10-6-3-7-11-15/h2-11H,1,12H2. The van der Waals surface area contributed by atoms with E-state index in [2.05, 4.69) is 6.58 Å². The fourth-order valence-electron chi connectivity index (χ4n) is 1.49. The Morgan fingerprint density at radius 1 is 1.00 bits per heavy atom. The van der Waals surface area contributed by atoms with Crippen LogP contribution in [0.5, 0.6) is 0 Å². The maximum Gasteiger partial charge on any atom is 0.0589 e. The van der Waals surface area contributed by atoms with E-state index >= 15 is 0 Å². The summed E-state index contributed by atoms with van der Waals surface area (Å²) in [6.45, 7) is 3.99. The lowest BCUT2D eigenvalue weighted by molar-refractivity contribution is 0.685. The highest BCUT2D eigenvalue weighted by Gasteiger charge is 2.06. The van der Waals surface area contributed by atoms with Gasteiger partial charge in [0.25, 0.3) is 0 Å². The topological polar surface area (TPSA) is 17.1 Å². The van der Waals surface area contributed by atoms with E-state index in [0.717, 1.165) is 14.7 Å². The van der Waals surface area contributed by atoms with Crippen LogP contribution >= 0.6 is 11.8 Å². The smallest absolute Gasteiger partial charge is 0.0589 e. The molecule has 0 saturated heterocycles. The molecule has 0 aliphatic heterocycles. The summed E-state index contributed by atoms with van der Waals surface area (Å²) in [5.41, 5.74) is 0. The van der Waals surface area contributed by atoms with Gasteiger partial charge in [0.1, 0.15) is 0 Å². The Kier molecular flexibility index (Phi) is 4.79. The fourth-order valence-corrected chi connectivity index (χ4v) is 3.59. The molecule has 92 valence electrons. The third-order valence-electron chi connectivity index (χ3n) is 2.30. The van der Waals surface area contributed by atoms with E-state index in [0.29, 0.717) is 5.75 Å². The van der Waals surface area contributed by atoms with E-state index < -0.39 is 10.8 Å². The second-order valence-corrected chi connectivity index (χ2v) is 6.46. The van der Waals surface area contributed by atoms with E-state index in [4.69, 9.17) is 0 Å². The molecule has 0 bridgehead atoms. The van der Waals surface area contributed by atoms with Gasteiger partial charge < -0.3 is 0 Å². The summed E-state index contributed by atoms with van der Waals surface area (Å²) < 4.78 is 12.1. The molecule has 0 spiro atoms. The zero-order valence-corrected chi connectivity index (χ0v) is 11.5. The number of hydrogen-bond acceptors (Lipinski definition) is 2. The van der Waals surface area contributed by atoms with Crippen molar-refractivity contribution in [1.82, 2.24) is 0 Å². The van der Waals surface area contributed by atoms with Gasteiger partial charge in [0, 0.05) is 9.79 Å². The van der Waals surface area contributed by atoms with Gasteiger partial charge in [-0.3, -0.25) is 4.21 Å². The lowest BCUT2D eigenvalue weighted by atomic mass is 10.4. The molecule has 0 heterocycles. The van der Waals surface area contributed by atoms with Crippen molar-refractivity contribution in [2.45, 2.75) is 9.79 Å². The van der Waals surface area contributed by atoms with E-state index in [-0.39, 0.29) is 0 Å². The molecular formula is C15H14OS2. The number of benzene rings is 2. The van der Waals surface area contributed by atoms with Gasteiger partial charge in [-0.05, 0) is 29.2 Å². The Hall–Kier alpha value is -1.32. The van der Waals surface area contributed by atoms with Crippen LogP contribution in [0, 0.1) is 0 Å². The van der Waals surface area contributed by atoms with Gasteiger partial charge in [-0.1, -0.05) is 54.7 Å². The summed E-state index contributed by atoms with van der Waals surface area (Å²) in [5, 5.41) is 0. The zero-order valence-electron chi connectivity index (χ0n) is 9.91. The monoisotopic (exact) mass is 274 g/mol. The van der Waals surface area contributed by atoms with Crippen molar-refractivity contribution in [2.75, 3.05) is 5.75 Å². The van der Waals surface area contributed by atoms with Crippen molar-refractivity contribution in [3.63, 3.8) is 0 Å². The summed E-state index contributed by atoms with van der Waals surface area (Å²) >= 11 is 1.58. The van der Waals surface area contributed by atoms with Crippen molar-refractivity contribution < 1.29 is 4.21 Å². The Labute approximate surface area is 114 Å². The van der Waals surface area contributed by atoms with Gasteiger partial charge in [-0.25, -0.2) is 0 Å². The quantitative estimate of drug-likeness (QED) is 0.764. The predicted molar refractivity (Wildman–Crippen MR) is 79.2 cm³/mol. The third-order valence-corrected chi connectivity index (χ3v) is 4.84. The highest BCUT2D eigenvalue weighted by atomic mass is 32.2. The maximum absolute atomic E-state index is 12.1. The maximum atomic E-state index is 12.1. The summed E-state index contributed by atoms with van der Waals surface area (Å²) in [5.74, 6) is 0.490. The van der Waals surface area contributed by atoms with Gasteiger partial charge in [-0.15, -0.1) is 0 Å². The third kappa shape index (κ3) is 3.86. The van der Waals surface area contributed by atoms with Crippen molar-refractivity contribution in [3.05, 3.63) is 72.1 Å². The minimum atomic E-state index is -1.01. The predicted octanol–water partition coefficient (Wildman–Crippen LogP) is 4.10. The Bertz CT molecular complexity index is 535. The highest BCUT2D eigenvalue weighted by molar-refractivity contribution is 8.04. The normalized spacial score (nSPS) is 12.0. The molecule has 18 heavy (non-hydrogen) atoms. The summed E-state index contributed by atoms with van der Waals surface area (Å²) in [4.78, 5) is 2.91. The lowest BCUT2D eigenvalue weighted by Gasteiger charge is -2.05. The van der Waals surface area contributed by atoms with E-state index in [1.54, 1.807) is 11.8 Å². The first-order valence-electron chi connectivity index (χ1n) is 5.60. The number of hydrogen-bond donors (Lipinski definition) is 0. The molecule has 2 rings (SSSR count). The molecule has 1 nitrogen and oxygen atoms in total. The molecule has 0 aliphatic rings. The lowest BCUT2D eigenvalue weighted by Crippen LogP contribution is -1.98. The molecule has 1 atom stereocenters. The molecule has 0 radical (unpaired) electrons. The van der Waals surface area contributed by atoms with Crippen LogP contribution in [0.2, 0.25) is 0 Å². The van der Waals surface area contributed by atoms with Crippen molar-refractivity contribution >= 4 is 22.6 Å². The fraction of sp³-hybridized carbons (Fsp3) is 0.0667. The van der Waals surface area contributed by atoms with Gasteiger partial charge >= 0.3 is 0 Å². The second-order valence-electron chi connectivity index (χ2n) is 3.76. The van der Waals surface area contributed by atoms with E-state index in [9.17, 15) is 4.21 Å². The van der Waals surface area contributed by atoms with Crippen LogP contribution in [0.4, 0.5) is 0 Å². The van der Waals surface area contributed by atoms with Crippen LogP contribution < -0.4 is 0 Å². The van der Waals surface area contributed by atoms with Gasteiger partial charge in [0.2, 0.25) is 0 Å². The van der Waals surface area contributed by atoms with Crippen molar-refractivity contribution in [2.24, 2.45) is 0 Å². The van der Waals surface area contributed by atoms with Gasteiger partial charge in [0.05, 0.1) is 16.6 Å². The average Bonchev–Trinajstić information content (AvgIpc) is 2.40. The first-order chi connectivity index (χ1) is 8.75. The minimum Gasteiger partial charge on any atom is -0.254 e. The SMILES string of the molecule is C=C(CS(=O)c1ccccc1)Sc1ccccc1. The van der Waals surface area contributed by atoms with E-state index in [1.165, 1.54) is 0 Å². The molecule has 1 unspecified atom stereocenters. The second kappa shape index (κ2) is 6.57. The van der Waals surface area contributed by atoms with Crippen molar-refractivity contribution in [1.29, 1.82) is 0 Å². The molecule has 0 fully saturated rings. The van der Waals surface area contributed by atoms with Crippen molar-refractivity contribution in [3.8, 4) is 0 Å². The van der Waals surface area contributed by atoms with Crippen LogP contribution in [0.15, 0.2) is 81.9 Å². The molecule has 2 aromatic carbocycles.